The predicted molar refractivity (Wildman–Crippen MR) is 129 cm³/mol. The molecule has 1 aromatic heterocycles. The van der Waals surface area contributed by atoms with E-state index >= 15 is 0 Å². The van der Waals surface area contributed by atoms with Gasteiger partial charge in [0.25, 0.3) is 5.91 Å². The molecule has 1 saturated carbocycles. The third-order valence-corrected chi connectivity index (χ3v) is 7.18. The lowest BCUT2D eigenvalue weighted by Crippen LogP contribution is -2.48. The number of aryl methyl sites for hydroxylation is 1. The second kappa shape index (κ2) is 8.97. The molecule has 2 fully saturated rings. The Bertz CT molecular complexity index is 1310. The van der Waals surface area contributed by atoms with Gasteiger partial charge in [-0.05, 0) is 61.9 Å². The van der Waals surface area contributed by atoms with Crippen LogP contribution in [-0.4, -0.2) is 35.9 Å². The van der Waals surface area contributed by atoms with Crippen molar-refractivity contribution in [3.63, 3.8) is 0 Å². The zero-order chi connectivity index (χ0) is 23.8. The third kappa shape index (κ3) is 3.95. The fourth-order valence-corrected chi connectivity index (χ4v) is 5.57. The van der Waals surface area contributed by atoms with Gasteiger partial charge in [-0.25, -0.2) is 4.79 Å². The highest BCUT2D eigenvalue weighted by molar-refractivity contribution is 6.03. The van der Waals surface area contributed by atoms with Crippen LogP contribution in [0.15, 0.2) is 57.7 Å². The molecule has 3 unspecified atom stereocenters. The Morgan fingerprint density at radius 3 is 2.71 bits per heavy atom. The highest BCUT2D eigenvalue weighted by Gasteiger charge is 2.48. The van der Waals surface area contributed by atoms with Crippen molar-refractivity contribution in [3.05, 3.63) is 70.1 Å². The van der Waals surface area contributed by atoms with Crippen molar-refractivity contribution in [2.24, 2.45) is 5.92 Å². The van der Waals surface area contributed by atoms with Gasteiger partial charge in [-0.1, -0.05) is 25.0 Å². The zero-order valence-corrected chi connectivity index (χ0v) is 19.4. The lowest BCUT2D eigenvalue weighted by atomic mass is 9.84. The number of anilines is 1. The van der Waals surface area contributed by atoms with Gasteiger partial charge in [0.05, 0.1) is 12.7 Å². The van der Waals surface area contributed by atoms with Crippen LogP contribution in [0.5, 0.6) is 5.75 Å². The van der Waals surface area contributed by atoms with E-state index in [4.69, 9.17) is 9.15 Å². The second-order valence-corrected chi connectivity index (χ2v) is 9.22. The molecule has 2 amide bonds. The van der Waals surface area contributed by atoms with Crippen molar-refractivity contribution in [3.8, 4) is 5.75 Å². The number of ether oxygens (including phenoxy) is 1. The summed E-state index contributed by atoms with van der Waals surface area (Å²) in [6, 6.07) is 13.3. The first-order valence-corrected chi connectivity index (χ1v) is 11.8. The first-order valence-electron chi connectivity index (χ1n) is 11.8. The number of amides is 2. The lowest BCUT2D eigenvalue weighted by molar-refractivity contribution is -0.120. The van der Waals surface area contributed by atoms with Crippen molar-refractivity contribution < 1.29 is 18.7 Å². The number of benzene rings is 2. The zero-order valence-electron chi connectivity index (χ0n) is 19.4. The van der Waals surface area contributed by atoms with Gasteiger partial charge in [0, 0.05) is 29.2 Å². The number of rotatable bonds is 4. The van der Waals surface area contributed by atoms with Gasteiger partial charge in [0.1, 0.15) is 17.4 Å². The Morgan fingerprint density at radius 2 is 1.88 bits per heavy atom. The maximum absolute atomic E-state index is 13.7. The fourth-order valence-electron chi connectivity index (χ4n) is 5.57. The molecule has 34 heavy (non-hydrogen) atoms. The van der Waals surface area contributed by atoms with Gasteiger partial charge in [-0.15, -0.1) is 0 Å². The van der Waals surface area contributed by atoms with Crippen LogP contribution in [0.2, 0.25) is 0 Å². The average molecular weight is 461 g/mol. The van der Waals surface area contributed by atoms with Crippen molar-refractivity contribution in [1.82, 2.24) is 4.90 Å². The average Bonchev–Trinajstić information content (AvgIpc) is 3.23. The molecular weight excluding hydrogens is 432 g/mol. The highest BCUT2D eigenvalue weighted by atomic mass is 16.5. The minimum atomic E-state index is -0.578. The topological polar surface area (TPSA) is 88.9 Å². The summed E-state index contributed by atoms with van der Waals surface area (Å²) in [5.41, 5.74) is 1.81. The van der Waals surface area contributed by atoms with E-state index in [2.05, 4.69) is 5.32 Å². The summed E-state index contributed by atoms with van der Waals surface area (Å²) in [4.78, 5) is 40.8. The summed E-state index contributed by atoms with van der Waals surface area (Å²) in [6.07, 6.45) is 4.73. The molecule has 3 atom stereocenters. The molecular formula is C27H28N2O5. The molecule has 1 aliphatic carbocycles. The molecule has 2 heterocycles. The Labute approximate surface area is 197 Å². The van der Waals surface area contributed by atoms with Crippen LogP contribution in [-0.2, 0) is 4.79 Å². The normalized spacial score (nSPS) is 21.8. The minimum Gasteiger partial charge on any atom is -0.496 e. The first-order chi connectivity index (χ1) is 16.5. The summed E-state index contributed by atoms with van der Waals surface area (Å²) < 4.78 is 10.8. The van der Waals surface area contributed by atoms with Gasteiger partial charge >= 0.3 is 5.63 Å². The molecule has 7 nitrogen and oxygen atoms in total. The number of carbonyl (C=O) groups is 2. The number of para-hydroxylation sites is 1. The molecule has 0 spiro atoms. The number of hydrogen-bond donors (Lipinski definition) is 1. The molecule has 1 N–H and O–H groups in total. The van der Waals surface area contributed by atoms with E-state index in [0.29, 0.717) is 34.9 Å². The van der Waals surface area contributed by atoms with Crippen LogP contribution >= 0.6 is 0 Å². The summed E-state index contributed by atoms with van der Waals surface area (Å²) in [6.45, 7) is 1.85. The molecule has 5 rings (SSSR count). The SMILES string of the molecule is COc1ccccc1C(=O)N1C(C(=O)Nc2ccc3c(C)cc(=O)oc3c2)CC2CCCCC21. The van der Waals surface area contributed by atoms with E-state index in [9.17, 15) is 14.4 Å². The Morgan fingerprint density at radius 1 is 1.09 bits per heavy atom. The lowest BCUT2D eigenvalue weighted by Gasteiger charge is -2.34. The van der Waals surface area contributed by atoms with Crippen LogP contribution in [0.3, 0.4) is 0 Å². The van der Waals surface area contributed by atoms with Gasteiger partial charge in [0.15, 0.2) is 0 Å². The highest BCUT2D eigenvalue weighted by Crippen LogP contribution is 2.41. The molecule has 1 aliphatic heterocycles. The molecule has 2 aliphatic rings. The van der Waals surface area contributed by atoms with Gasteiger partial charge in [-0.3, -0.25) is 9.59 Å². The number of nitrogens with zero attached hydrogens (tertiary/aromatic N) is 1. The van der Waals surface area contributed by atoms with Crippen LogP contribution in [0.25, 0.3) is 11.0 Å². The van der Waals surface area contributed by atoms with E-state index in [1.807, 2.05) is 25.1 Å². The van der Waals surface area contributed by atoms with Gasteiger partial charge in [0.2, 0.25) is 5.91 Å². The summed E-state index contributed by atoms with van der Waals surface area (Å²) >= 11 is 0. The minimum absolute atomic E-state index is 0.0409. The van der Waals surface area contributed by atoms with Crippen molar-refractivity contribution in [2.45, 2.75) is 51.1 Å². The molecule has 0 radical (unpaired) electrons. The number of nitrogens with one attached hydrogen (secondary N) is 1. The standard InChI is InChI=1S/C27H28N2O5/c1-16-13-25(30)34-24-15-18(11-12-19(16)24)28-26(31)22-14-17-7-3-5-9-21(17)29(22)27(32)20-8-4-6-10-23(20)33-2/h4,6,8,10-13,15,17,21-22H,3,5,7,9,14H2,1-2H3,(H,28,31). The molecule has 1 saturated heterocycles. The molecule has 3 aromatic rings. The van der Waals surface area contributed by atoms with Crippen LogP contribution < -0.4 is 15.7 Å². The number of methoxy groups -OCH3 is 1. The fraction of sp³-hybridized carbons (Fsp3) is 0.370. The third-order valence-electron chi connectivity index (χ3n) is 7.18. The van der Waals surface area contributed by atoms with Crippen LogP contribution in [0.4, 0.5) is 5.69 Å². The van der Waals surface area contributed by atoms with E-state index in [1.54, 1.807) is 36.3 Å². The smallest absolute Gasteiger partial charge is 0.336 e. The number of hydrogen-bond acceptors (Lipinski definition) is 5. The molecule has 2 aromatic carbocycles. The van der Waals surface area contributed by atoms with Gasteiger partial charge < -0.3 is 19.4 Å². The number of carbonyl (C=O) groups excluding carboxylic acids is 2. The molecule has 176 valence electrons. The Hall–Kier alpha value is -3.61. The summed E-state index contributed by atoms with van der Waals surface area (Å²) in [7, 11) is 1.55. The maximum atomic E-state index is 13.7. The predicted octanol–water partition coefficient (Wildman–Crippen LogP) is 4.52. The van der Waals surface area contributed by atoms with Crippen molar-refractivity contribution in [2.75, 3.05) is 12.4 Å². The van der Waals surface area contributed by atoms with Crippen LogP contribution in [0.1, 0.15) is 48.0 Å². The molecule has 7 heteroatoms. The van der Waals surface area contributed by atoms with E-state index in [0.717, 1.165) is 36.6 Å². The maximum Gasteiger partial charge on any atom is 0.336 e. The first kappa shape index (κ1) is 22.2. The summed E-state index contributed by atoms with van der Waals surface area (Å²) in [5.74, 6) is 0.408. The Kier molecular flexibility index (Phi) is 5.86. The Balaban J connectivity index is 1.46. The number of likely N-dealkylation sites (tertiary alicyclic amines) is 1. The number of fused-ring (bicyclic) bond motifs is 2. The van der Waals surface area contributed by atoms with Crippen LogP contribution in [0, 0.1) is 12.8 Å². The monoisotopic (exact) mass is 460 g/mol. The second-order valence-electron chi connectivity index (χ2n) is 9.22. The van der Waals surface area contributed by atoms with E-state index in [-0.39, 0.29) is 17.9 Å². The van der Waals surface area contributed by atoms with Gasteiger partial charge in [-0.2, -0.15) is 0 Å². The summed E-state index contributed by atoms with van der Waals surface area (Å²) in [5, 5.41) is 3.78. The van der Waals surface area contributed by atoms with E-state index in [1.165, 1.54) is 6.07 Å². The largest absolute Gasteiger partial charge is 0.496 e. The van der Waals surface area contributed by atoms with Crippen molar-refractivity contribution >= 4 is 28.5 Å². The quantitative estimate of drug-likeness (QED) is 0.578. The molecule has 0 bridgehead atoms. The van der Waals surface area contributed by atoms with Crippen molar-refractivity contribution in [1.29, 1.82) is 0 Å². The van der Waals surface area contributed by atoms with E-state index < -0.39 is 11.7 Å².